The second-order valence-corrected chi connectivity index (χ2v) is 3.66. The molecule has 2 aromatic rings. The molecule has 0 fully saturated rings. The van der Waals surface area contributed by atoms with Gasteiger partial charge in [-0.1, -0.05) is 6.07 Å². The molecule has 2 aromatic carbocycles. The van der Waals surface area contributed by atoms with Crippen LogP contribution in [0.3, 0.4) is 0 Å². The molecule has 0 heterocycles. The first-order chi connectivity index (χ1) is 8.56. The number of anilines is 1. The molecule has 5 heteroatoms. The van der Waals surface area contributed by atoms with Gasteiger partial charge in [-0.3, -0.25) is 0 Å². The van der Waals surface area contributed by atoms with Crippen LogP contribution in [0.25, 0.3) is 0 Å². The van der Waals surface area contributed by atoms with Crippen LogP contribution in [0.1, 0.15) is 12.0 Å². The molecule has 18 heavy (non-hydrogen) atoms. The molecule has 0 aliphatic carbocycles. The highest BCUT2D eigenvalue weighted by atomic mass is 19.3. The second-order valence-electron chi connectivity index (χ2n) is 3.66. The molecule has 0 aliphatic heterocycles. The van der Waals surface area contributed by atoms with Crippen molar-refractivity contribution < 1.29 is 17.9 Å². The van der Waals surface area contributed by atoms with Crippen molar-refractivity contribution in [2.45, 2.75) is 6.43 Å². The minimum absolute atomic E-state index is 0.0372. The number of nitrogen functional groups attached to an aromatic ring is 1. The topological polar surface area (TPSA) is 35.2 Å². The highest BCUT2D eigenvalue weighted by molar-refractivity contribution is 5.49. The summed E-state index contributed by atoms with van der Waals surface area (Å²) >= 11 is 0. The van der Waals surface area contributed by atoms with Crippen LogP contribution >= 0.6 is 0 Å². The molecule has 0 spiro atoms. The summed E-state index contributed by atoms with van der Waals surface area (Å²) in [6.07, 6.45) is -2.71. The number of halogens is 3. The Labute approximate surface area is 102 Å². The van der Waals surface area contributed by atoms with Gasteiger partial charge in [0.1, 0.15) is 17.3 Å². The first-order valence-electron chi connectivity index (χ1n) is 5.17. The lowest BCUT2D eigenvalue weighted by atomic mass is 10.2. The lowest BCUT2D eigenvalue weighted by Crippen LogP contribution is -1.95. The summed E-state index contributed by atoms with van der Waals surface area (Å²) in [5, 5.41) is 0. The Kier molecular flexibility index (Phi) is 3.41. The first-order valence-corrected chi connectivity index (χ1v) is 5.17. The van der Waals surface area contributed by atoms with E-state index in [9.17, 15) is 13.2 Å². The minimum atomic E-state index is -2.71. The molecule has 0 saturated heterocycles. The van der Waals surface area contributed by atoms with Gasteiger partial charge in [-0.2, -0.15) is 0 Å². The second kappa shape index (κ2) is 5.00. The number of nitrogens with two attached hydrogens (primary N) is 1. The Morgan fingerprint density at radius 3 is 2.50 bits per heavy atom. The number of rotatable bonds is 3. The molecule has 0 saturated carbocycles. The Morgan fingerprint density at radius 1 is 1.06 bits per heavy atom. The average molecular weight is 253 g/mol. The van der Waals surface area contributed by atoms with E-state index in [1.165, 1.54) is 30.3 Å². The highest BCUT2D eigenvalue weighted by Gasteiger charge is 2.15. The smallest absolute Gasteiger partial charge is 0.267 e. The third-order valence-corrected chi connectivity index (χ3v) is 2.29. The van der Waals surface area contributed by atoms with Crippen LogP contribution < -0.4 is 10.5 Å². The van der Waals surface area contributed by atoms with Gasteiger partial charge in [0, 0.05) is 11.8 Å². The van der Waals surface area contributed by atoms with Crippen LogP contribution in [0.15, 0.2) is 42.5 Å². The summed E-state index contributed by atoms with van der Waals surface area (Å²) in [5.74, 6) is -0.381. The quantitative estimate of drug-likeness (QED) is 0.834. The van der Waals surface area contributed by atoms with Gasteiger partial charge < -0.3 is 10.5 Å². The molecular weight excluding hydrogens is 243 g/mol. The lowest BCUT2D eigenvalue weighted by Gasteiger charge is -2.11. The normalized spacial score (nSPS) is 10.7. The number of ether oxygens (including phenoxy) is 1. The van der Waals surface area contributed by atoms with Gasteiger partial charge in [0.2, 0.25) is 0 Å². The van der Waals surface area contributed by atoms with E-state index in [0.717, 1.165) is 12.1 Å². The number of alkyl halides is 2. The van der Waals surface area contributed by atoms with Crippen molar-refractivity contribution in [3.05, 3.63) is 53.8 Å². The maximum atomic E-state index is 12.9. The van der Waals surface area contributed by atoms with Crippen LogP contribution in [-0.2, 0) is 0 Å². The Morgan fingerprint density at radius 2 is 1.83 bits per heavy atom. The third kappa shape index (κ3) is 2.74. The molecule has 0 amide bonds. The van der Waals surface area contributed by atoms with Crippen molar-refractivity contribution >= 4 is 5.69 Å². The van der Waals surface area contributed by atoms with Gasteiger partial charge in [-0.05, 0) is 30.3 Å². The highest BCUT2D eigenvalue weighted by Crippen LogP contribution is 2.33. The standard InChI is InChI=1S/C13H10F3NO/c14-8-2-1-3-10(6-8)18-12-5-4-9(17)7-11(12)13(15)16/h1-7,13H,17H2. The molecule has 0 unspecified atom stereocenters. The Balaban J connectivity index is 2.34. The molecule has 2 nitrogen and oxygen atoms in total. The lowest BCUT2D eigenvalue weighted by molar-refractivity contribution is 0.148. The predicted octanol–water partition coefficient (Wildman–Crippen LogP) is 4.14. The average Bonchev–Trinajstić information content (AvgIpc) is 2.31. The van der Waals surface area contributed by atoms with Crippen molar-refractivity contribution in [1.29, 1.82) is 0 Å². The van der Waals surface area contributed by atoms with Gasteiger partial charge >= 0.3 is 0 Å². The summed E-state index contributed by atoms with van der Waals surface area (Å²) in [6.45, 7) is 0. The zero-order chi connectivity index (χ0) is 13.1. The number of benzene rings is 2. The Bertz CT molecular complexity index is 558. The molecule has 0 radical (unpaired) electrons. The zero-order valence-corrected chi connectivity index (χ0v) is 9.24. The van der Waals surface area contributed by atoms with Gasteiger partial charge in [-0.25, -0.2) is 13.2 Å². The van der Waals surface area contributed by atoms with Crippen LogP contribution in [0.2, 0.25) is 0 Å². The first kappa shape index (κ1) is 12.3. The summed E-state index contributed by atoms with van der Waals surface area (Å²) in [6, 6.07) is 9.19. The summed E-state index contributed by atoms with van der Waals surface area (Å²) < 4.78 is 43.7. The zero-order valence-electron chi connectivity index (χ0n) is 9.24. The third-order valence-electron chi connectivity index (χ3n) is 2.29. The maximum absolute atomic E-state index is 12.9. The maximum Gasteiger partial charge on any atom is 0.267 e. The summed E-state index contributed by atoms with van der Waals surface area (Å²) in [7, 11) is 0. The molecular formula is C13H10F3NO. The fourth-order valence-electron chi connectivity index (χ4n) is 1.49. The summed E-state index contributed by atoms with van der Waals surface area (Å²) in [4.78, 5) is 0. The minimum Gasteiger partial charge on any atom is -0.457 e. The monoisotopic (exact) mass is 253 g/mol. The Hall–Kier alpha value is -2.17. The van der Waals surface area contributed by atoms with Crippen LogP contribution in [0, 0.1) is 5.82 Å². The van der Waals surface area contributed by atoms with E-state index in [0.29, 0.717) is 0 Å². The van der Waals surface area contributed by atoms with Gasteiger partial charge in [0.25, 0.3) is 6.43 Å². The number of hydrogen-bond acceptors (Lipinski definition) is 2. The van der Waals surface area contributed by atoms with Crippen LogP contribution in [0.4, 0.5) is 18.9 Å². The van der Waals surface area contributed by atoms with E-state index < -0.39 is 12.2 Å². The fraction of sp³-hybridized carbons (Fsp3) is 0.0769. The van der Waals surface area contributed by atoms with Gasteiger partial charge in [0.05, 0.1) is 5.56 Å². The molecule has 94 valence electrons. The van der Waals surface area contributed by atoms with Crippen LogP contribution in [0.5, 0.6) is 11.5 Å². The van der Waals surface area contributed by atoms with E-state index in [1.54, 1.807) is 0 Å². The van der Waals surface area contributed by atoms with Crippen molar-refractivity contribution in [1.82, 2.24) is 0 Å². The number of hydrogen-bond donors (Lipinski definition) is 1. The largest absolute Gasteiger partial charge is 0.457 e. The molecule has 2 N–H and O–H groups in total. The van der Waals surface area contributed by atoms with E-state index in [1.807, 2.05) is 0 Å². The van der Waals surface area contributed by atoms with Gasteiger partial charge in [-0.15, -0.1) is 0 Å². The van der Waals surface area contributed by atoms with E-state index in [-0.39, 0.29) is 22.7 Å². The summed E-state index contributed by atoms with van der Waals surface area (Å²) in [5.41, 5.74) is 5.33. The fourth-order valence-corrected chi connectivity index (χ4v) is 1.49. The van der Waals surface area contributed by atoms with Gasteiger partial charge in [0.15, 0.2) is 0 Å². The van der Waals surface area contributed by atoms with Crippen molar-refractivity contribution in [2.75, 3.05) is 5.73 Å². The van der Waals surface area contributed by atoms with Crippen molar-refractivity contribution in [3.63, 3.8) is 0 Å². The molecule has 0 aromatic heterocycles. The predicted molar refractivity (Wildman–Crippen MR) is 62.3 cm³/mol. The van der Waals surface area contributed by atoms with Crippen molar-refractivity contribution in [2.24, 2.45) is 0 Å². The molecule has 0 atom stereocenters. The van der Waals surface area contributed by atoms with Crippen molar-refractivity contribution in [3.8, 4) is 11.5 Å². The molecule has 0 bridgehead atoms. The SMILES string of the molecule is Nc1ccc(Oc2cccc(F)c2)c(C(F)F)c1. The van der Waals surface area contributed by atoms with Crippen LogP contribution in [-0.4, -0.2) is 0 Å². The van der Waals surface area contributed by atoms with E-state index in [4.69, 9.17) is 10.5 Å². The molecule has 0 aliphatic rings. The van der Waals surface area contributed by atoms with E-state index in [2.05, 4.69) is 0 Å². The van der Waals surface area contributed by atoms with E-state index >= 15 is 0 Å². The molecule has 2 rings (SSSR count).